The molecule has 6 heteroatoms. The molecule has 0 radical (unpaired) electrons. The number of aliphatic hydroxyl groups excluding tert-OH is 1. The molecule has 0 spiro atoms. The van der Waals surface area contributed by atoms with Gasteiger partial charge in [-0.15, -0.1) is 0 Å². The zero-order valence-corrected chi connectivity index (χ0v) is 16.4. The third-order valence-corrected chi connectivity index (χ3v) is 5.59. The smallest absolute Gasteiger partial charge is 0.139 e. The van der Waals surface area contributed by atoms with E-state index in [0.29, 0.717) is 10.8 Å². The van der Waals surface area contributed by atoms with Crippen LogP contribution in [-0.2, 0) is 6.61 Å². The number of rotatable bonds is 4. The summed E-state index contributed by atoms with van der Waals surface area (Å²) in [5.74, 6) is 1.27. The average molecular weight is 386 g/mol. The third kappa shape index (κ3) is 3.49. The predicted octanol–water partition coefficient (Wildman–Crippen LogP) is 4.39. The van der Waals surface area contributed by atoms with Crippen LogP contribution in [0.3, 0.4) is 0 Å². The van der Waals surface area contributed by atoms with Crippen LogP contribution in [0.1, 0.15) is 25.3 Å². The van der Waals surface area contributed by atoms with E-state index in [2.05, 4.69) is 24.0 Å². The molecule has 1 saturated heterocycles. The predicted molar refractivity (Wildman–Crippen MR) is 109 cm³/mol. The number of aliphatic hydroxyl groups is 1. The molecule has 4 rings (SSSR count). The minimum absolute atomic E-state index is 0.104. The van der Waals surface area contributed by atoms with Crippen molar-refractivity contribution >= 4 is 22.9 Å². The first-order valence-electron chi connectivity index (χ1n) is 9.30. The second-order valence-corrected chi connectivity index (χ2v) is 7.68. The van der Waals surface area contributed by atoms with Gasteiger partial charge in [-0.2, -0.15) is 0 Å². The number of hydrogen-bond acceptors (Lipinski definition) is 4. The Morgan fingerprint density at radius 1 is 1.33 bits per heavy atom. The summed E-state index contributed by atoms with van der Waals surface area (Å²) in [4.78, 5) is 7.22. The molecule has 142 valence electrons. The Kier molecular flexibility index (Phi) is 4.98. The zero-order valence-electron chi connectivity index (χ0n) is 15.7. The van der Waals surface area contributed by atoms with Crippen molar-refractivity contribution in [2.45, 2.75) is 26.4 Å². The Balaban J connectivity index is 1.73. The van der Waals surface area contributed by atoms with Crippen molar-refractivity contribution in [2.24, 2.45) is 5.92 Å². The van der Waals surface area contributed by atoms with Crippen LogP contribution < -0.4 is 9.64 Å². The molecule has 27 heavy (non-hydrogen) atoms. The number of ether oxygens (including phenoxy) is 1. The number of anilines is 1. The summed E-state index contributed by atoms with van der Waals surface area (Å²) >= 11 is 6.30. The Bertz CT molecular complexity index is 969. The van der Waals surface area contributed by atoms with E-state index in [4.69, 9.17) is 21.3 Å². The highest BCUT2D eigenvalue weighted by Gasteiger charge is 2.18. The van der Waals surface area contributed by atoms with Gasteiger partial charge in [0, 0.05) is 42.8 Å². The quantitative estimate of drug-likeness (QED) is 0.723. The van der Waals surface area contributed by atoms with Gasteiger partial charge < -0.3 is 19.1 Å². The second kappa shape index (κ2) is 7.41. The number of methoxy groups -OCH3 is 1. The largest absolute Gasteiger partial charge is 0.495 e. The normalized spacial score (nSPS) is 17.5. The first kappa shape index (κ1) is 18.1. The monoisotopic (exact) mass is 385 g/mol. The zero-order chi connectivity index (χ0) is 19.0. The highest BCUT2D eigenvalue weighted by molar-refractivity contribution is 6.32. The van der Waals surface area contributed by atoms with E-state index < -0.39 is 0 Å². The standard InChI is InChI=1S/C21H24ClN3O2/c1-14-4-3-6-24(11-14)16-5-7-25-12-19(23-21(25)9-16)17-10-18(22)20(27-2)8-15(17)13-26/h5,7-10,12,14,26H,3-4,6,11,13H2,1-2H3. The summed E-state index contributed by atoms with van der Waals surface area (Å²) in [6.07, 6.45) is 6.55. The number of benzene rings is 1. The van der Waals surface area contributed by atoms with Crippen LogP contribution in [-0.4, -0.2) is 34.7 Å². The van der Waals surface area contributed by atoms with Crippen molar-refractivity contribution in [1.82, 2.24) is 9.38 Å². The Labute approximate surface area is 164 Å². The van der Waals surface area contributed by atoms with E-state index in [-0.39, 0.29) is 6.61 Å². The molecule has 1 aromatic carbocycles. The molecule has 2 aromatic heterocycles. The summed E-state index contributed by atoms with van der Waals surface area (Å²) in [6, 6.07) is 7.85. The molecule has 3 heterocycles. The molecule has 1 unspecified atom stereocenters. The first-order chi connectivity index (χ1) is 13.1. The number of nitrogens with zero attached hydrogens (tertiary/aromatic N) is 3. The summed E-state index contributed by atoms with van der Waals surface area (Å²) in [5.41, 5.74) is 4.44. The Morgan fingerprint density at radius 2 is 2.19 bits per heavy atom. The summed E-state index contributed by atoms with van der Waals surface area (Å²) in [7, 11) is 1.57. The molecule has 5 nitrogen and oxygen atoms in total. The summed E-state index contributed by atoms with van der Waals surface area (Å²) in [5, 5.41) is 10.3. The summed E-state index contributed by atoms with van der Waals surface area (Å²) < 4.78 is 7.26. The van der Waals surface area contributed by atoms with Gasteiger partial charge in [0.1, 0.15) is 11.4 Å². The van der Waals surface area contributed by atoms with Crippen molar-refractivity contribution in [2.75, 3.05) is 25.1 Å². The van der Waals surface area contributed by atoms with Gasteiger partial charge in [0.05, 0.1) is 24.4 Å². The highest BCUT2D eigenvalue weighted by Crippen LogP contribution is 2.34. The maximum Gasteiger partial charge on any atom is 0.139 e. The van der Waals surface area contributed by atoms with Gasteiger partial charge in [-0.05, 0) is 42.5 Å². The fourth-order valence-corrected chi connectivity index (χ4v) is 4.08. The number of halogens is 1. The van der Waals surface area contributed by atoms with Crippen molar-refractivity contribution in [1.29, 1.82) is 0 Å². The maximum atomic E-state index is 9.76. The van der Waals surface area contributed by atoms with Crippen molar-refractivity contribution < 1.29 is 9.84 Å². The third-order valence-electron chi connectivity index (χ3n) is 5.29. The van der Waals surface area contributed by atoms with Crippen LogP contribution in [0.5, 0.6) is 5.75 Å². The minimum atomic E-state index is -0.104. The average Bonchev–Trinajstić information content (AvgIpc) is 3.11. The van der Waals surface area contributed by atoms with Crippen LogP contribution in [0.2, 0.25) is 5.02 Å². The molecule has 0 aliphatic carbocycles. The highest BCUT2D eigenvalue weighted by atomic mass is 35.5. The molecule has 1 N–H and O–H groups in total. The van der Waals surface area contributed by atoms with Gasteiger partial charge in [-0.25, -0.2) is 4.98 Å². The van der Waals surface area contributed by atoms with E-state index in [0.717, 1.165) is 41.5 Å². The summed E-state index contributed by atoms with van der Waals surface area (Å²) in [6.45, 7) is 4.39. The number of fused-ring (bicyclic) bond motifs is 1. The van der Waals surface area contributed by atoms with Gasteiger partial charge in [0.15, 0.2) is 0 Å². The minimum Gasteiger partial charge on any atom is -0.495 e. The molecule has 1 aliphatic heterocycles. The Hall–Kier alpha value is -2.24. The number of pyridine rings is 1. The van der Waals surface area contributed by atoms with Crippen LogP contribution >= 0.6 is 11.6 Å². The fourth-order valence-electron chi connectivity index (χ4n) is 3.84. The molecule has 0 amide bonds. The lowest BCUT2D eigenvalue weighted by atomic mass is 10.00. The van der Waals surface area contributed by atoms with E-state index in [9.17, 15) is 5.11 Å². The number of aromatic nitrogens is 2. The molecule has 0 bridgehead atoms. The molecule has 1 aliphatic rings. The van der Waals surface area contributed by atoms with Gasteiger partial charge in [-0.3, -0.25) is 0 Å². The van der Waals surface area contributed by atoms with Crippen molar-refractivity contribution in [3.05, 3.63) is 47.2 Å². The van der Waals surface area contributed by atoms with Crippen LogP contribution in [0, 0.1) is 5.92 Å². The first-order valence-corrected chi connectivity index (χ1v) is 9.68. The van der Waals surface area contributed by atoms with E-state index >= 15 is 0 Å². The molecular weight excluding hydrogens is 362 g/mol. The van der Waals surface area contributed by atoms with Gasteiger partial charge >= 0.3 is 0 Å². The number of hydrogen-bond donors (Lipinski definition) is 1. The van der Waals surface area contributed by atoms with Gasteiger partial charge in [-0.1, -0.05) is 18.5 Å². The van der Waals surface area contributed by atoms with Crippen molar-refractivity contribution in [3.63, 3.8) is 0 Å². The lowest BCUT2D eigenvalue weighted by Crippen LogP contribution is -2.34. The molecule has 1 atom stereocenters. The topological polar surface area (TPSA) is 50.0 Å². The van der Waals surface area contributed by atoms with E-state index in [1.165, 1.54) is 18.5 Å². The lowest BCUT2D eigenvalue weighted by Gasteiger charge is -2.32. The van der Waals surface area contributed by atoms with Crippen LogP contribution in [0.15, 0.2) is 36.7 Å². The van der Waals surface area contributed by atoms with Crippen LogP contribution in [0.4, 0.5) is 5.69 Å². The maximum absolute atomic E-state index is 9.76. The van der Waals surface area contributed by atoms with Gasteiger partial charge in [0.2, 0.25) is 0 Å². The van der Waals surface area contributed by atoms with Crippen molar-refractivity contribution in [3.8, 4) is 17.0 Å². The SMILES string of the molecule is COc1cc(CO)c(-c2cn3ccc(N4CCCC(C)C4)cc3n2)cc1Cl. The molecular formula is C21H24ClN3O2. The van der Waals surface area contributed by atoms with Gasteiger partial charge in [0.25, 0.3) is 0 Å². The lowest BCUT2D eigenvalue weighted by molar-refractivity contribution is 0.281. The number of imidazole rings is 1. The van der Waals surface area contributed by atoms with E-state index in [1.54, 1.807) is 19.2 Å². The van der Waals surface area contributed by atoms with E-state index in [1.807, 2.05) is 16.8 Å². The second-order valence-electron chi connectivity index (χ2n) is 7.27. The fraction of sp³-hybridized carbons (Fsp3) is 0.381. The number of piperidine rings is 1. The molecule has 3 aromatic rings. The Morgan fingerprint density at radius 3 is 2.93 bits per heavy atom. The molecule has 0 saturated carbocycles. The van der Waals surface area contributed by atoms with Crippen LogP contribution in [0.25, 0.3) is 16.9 Å². The molecule has 1 fully saturated rings.